The Bertz CT molecular complexity index is 196. The first-order chi connectivity index (χ1) is 5.56. The summed E-state index contributed by atoms with van der Waals surface area (Å²) < 4.78 is 22.6. The zero-order chi connectivity index (χ0) is 11.1. The molecule has 0 bridgehead atoms. The van der Waals surface area contributed by atoms with Crippen molar-refractivity contribution in [2.24, 2.45) is 0 Å². The lowest BCUT2D eigenvalue weighted by molar-refractivity contribution is 0.207. The number of phosphoric ester groups is 1. The maximum absolute atomic E-state index is 9.80. The summed E-state index contributed by atoms with van der Waals surface area (Å²) in [5, 5.41) is 0. The molecule has 0 saturated carbocycles. The standard InChI is InChI=1S/C2H6ClO4P.H3O4P/c3-1-2-7-8(4,5)6;1-5(2,3)4/h1-2H2,(H2,4,5,6);(H3,1,2,3,4). The SMILES string of the molecule is O=P(O)(O)O.O=P(O)(O)OCCCl. The third-order valence-electron chi connectivity index (χ3n) is 0.337. The van der Waals surface area contributed by atoms with Gasteiger partial charge in [-0.15, -0.1) is 11.6 Å². The number of halogens is 1. The first-order valence-corrected chi connectivity index (χ1v) is 6.23. The molecule has 0 heterocycles. The topological polar surface area (TPSA) is 145 Å². The molecule has 0 atom stereocenters. The highest BCUT2D eigenvalue weighted by Crippen LogP contribution is 2.35. The van der Waals surface area contributed by atoms with Crippen LogP contribution in [-0.4, -0.2) is 37.0 Å². The monoisotopic (exact) mass is 258 g/mol. The molecule has 0 aromatic rings. The Labute approximate surface area is 78.6 Å². The smallest absolute Gasteiger partial charge is 0.303 e. The fourth-order valence-electron chi connectivity index (χ4n) is 0.153. The highest BCUT2D eigenvalue weighted by Gasteiger charge is 2.11. The van der Waals surface area contributed by atoms with Crippen LogP contribution in [0.4, 0.5) is 0 Å². The lowest BCUT2D eigenvalue weighted by Crippen LogP contribution is -1.91. The van der Waals surface area contributed by atoms with Crippen molar-refractivity contribution in [3.8, 4) is 0 Å². The number of rotatable bonds is 3. The Hall–Kier alpha value is 0.510. The predicted molar refractivity (Wildman–Crippen MR) is 43.0 cm³/mol. The van der Waals surface area contributed by atoms with Crippen LogP contribution in [0, 0.1) is 0 Å². The zero-order valence-corrected chi connectivity index (χ0v) is 8.69. The molecule has 0 aliphatic heterocycles. The van der Waals surface area contributed by atoms with Gasteiger partial charge in [-0.05, 0) is 0 Å². The molecule has 0 aliphatic rings. The minimum absolute atomic E-state index is 0.0884. The van der Waals surface area contributed by atoms with Crippen molar-refractivity contribution < 1.29 is 38.1 Å². The first kappa shape index (κ1) is 16.0. The third-order valence-corrected chi connectivity index (χ3v) is 1.01. The van der Waals surface area contributed by atoms with Crippen molar-refractivity contribution in [3.05, 3.63) is 0 Å². The molecular weight excluding hydrogens is 249 g/mol. The molecule has 5 N–H and O–H groups in total. The Kier molecular flexibility index (Phi) is 8.46. The van der Waals surface area contributed by atoms with Crippen molar-refractivity contribution in [1.29, 1.82) is 0 Å². The van der Waals surface area contributed by atoms with E-state index in [1.54, 1.807) is 0 Å². The van der Waals surface area contributed by atoms with E-state index in [0.717, 1.165) is 0 Å². The average molecular weight is 258 g/mol. The summed E-state index contributed by atoms with van der Waals surface area (Å²) in [6.07, 6.45) is 0. The number of hydrogen-bond donors (Lipinski definition) is 5. The largest absolute Gasteiger partial charge is 0.469 e. The third kappa shape index (κ3) is 45.5. The van der Waals surface area contributed by atoms with Gasteiger partial charge < -0.3 is 24.5 Å². The minimum Gasteiger partial charge on any atom is -0.303 e. The second-order valence-electron chi connectivity index (χ2n) is 1.53. The maximum Gasteiger partial charge on any atom is 0.469 e. The molecule has 0 unspecified atom stereocenters. The summed E-state index contributed by atoms with van der Waals surface area (Å²) >= 11 is 5.04. The van der Waals surface area contributed by atoms with Gasteiger partial charge in [0.05, 0.1) is 6.61 Å². The second kappa shape index (κ2) is 6.89. The van der Waals surface area contributed by atoms with Gasteiger partial charge in [-0.25, -0.2) is 9.13 Å². The molecule has 0 aliphatic carbocycles. The molecule has 8 nitrogen and oxygen atoms in total. The Morgan fingerprint density at radius 3 is 1.46 bits per heavy atom. The first-order valence-electron chi connectivity index (χ1n) is 2.60. The van der Waals surface area contributed by atoms with Crippen LogP contribution in [0.1, 0.15) is 0 Å². The van der Waals surface area contributed by atoms with Crippen LogP contribution < -0.4 is 0 Å². The predicted octanol–water partition coefficient (Wildman–Crippen LogP) is -0.594. The molecule has 0 saturated heterocycles. The van der Waals surface area contributed by atoms with Gasteiger partial charge in [-0.2, -0.15) is 0 Å². The van der Waals surface area contributed by atoms with E-state index in [4.69, 9.17) is 40.6 Å². The molecule has 82 valence electrons. The van der Waals surface area contributed by atoms with E-state index in [1.807, 2.05) is 0 Å². The van der Waals surface area contributed by atoms with E-state index in [0.29, 0.717) is 0 Å². The van der Waals surface area contributed by atoms with Gasteiger partial charge in [-0.1, -0.05) is 0 Å². The highest BCUT2D eigenvalue weighted by molar-refractivity contribution is 7.46. The van der Waals surface area contributed by atoms with Gasteiger partial charge >= 0.3 is 15.6 Å². The van der Waals surface area contributed by atoms with E-state index in [-0.39, 0.29) is 12.5 Å². The van der Waals surface area contributed by atoms with Crippen LogP contribution in [-0.2, 0) is 13.7 Å². The average Bonchev–Trinajstić information content (AvgIpc) is 1.77. The normalized spacial score (nSPS) is 11.8. The Morgan fingerprint density at radius 2 is 1.38 bits per heavy atom. The van der Waals surface area contributed by atoms with Crippen molar-refractivity contribution in [1.82, 2.24) is 0 Å². The summed E-state index contributed by atoms with van der Waals surface area (Å²) in [5.41, 5.74) is 0. The van der Waals surface area contributed by atoms with Gasteiger partial charge in [-0.3, -0.25) is 4.52 Å². The van der Waals surface area contributed by atoms with Gasteiger partial charge in [0, 0.05) is 5.88 Å². The summed E-state index contributed by atoms with van der Waals surface area (Å²) in [7, 11) is -8.91. The molecule has 0 aromatic carbocycles. The van der Waals surface area contributed by atoms with Crippen molar-refractivity contribution in [3.63, 3.8) is 0 Å². The van der Waals surface area contributed by atoms with Crippen LogP contribution in [0.15, 0.2) is 0 Å². The van der Waals surface area contributed by atoms with Crippen molar-refractivity contribution in [2.75, 3.05) is 12.5 Å². The molecule has 0 rings (SSSR count). The minimum atomic E-state index is -4.64. The summed E-state index contributed by atoms with van der Waals surface area (Å²) in [6, 6.07) is 0. The zero-order valence-electron chi connectivity index (χ0n) is 6.15. The van der Waals surface area contributed by atoms with E-state index < -0.39 is 15.6 Å². The Balaban J connectivity index is 0. The van der Waals surface area contributed by atoms with Crippen LogP contribution >= 0.6 is 27.2 Å². The summed E-state index contributed by atoms with van der Waals surface area (Å²) in [5.74, 6) is 0.0884. The molecule has 13 heavy (non-hydrogen) atoms. The fourth-order valence-corrected chi connectivity index (χ4v) is 0.667. The van der Waals surface area contributed by atoms with E-state index in [9.17, 15) is 4.57 Å². The van der Waals surface area contributed by atoms with Crippen LogP contribution in [0.3, 0.4) is 0 Å². The van der Waals surface area contributed by atoms with Gasteiger partial charge in [0.15, 0.2) is 0 Å². The molecule has 0 radical (unpaired) electrons. The van der Waals surface area contributed by atoms with Crippen LogP contribution in [0.2, 0.25) is 0 Å². The molecule has 0 aromatic heterocycles. The lowest BCUT2D eigenvalue weighted by Gasteiger charge is -1.99. The van der Waals surface area contributed by atoms with Crippen molar-refractivity contribution in [2.45, 2.75) is 0 Å². The quantitative estimate of drug-likeness (QED) is 0.333. The maximum atomic E-state index is 9.80. The van der Waals surface area contributed by atoms with E-state index in [2.05, 4.69) is 4.52 Å². The lowest BCUT2D eigenvalue weighted by atomic mass is 10.9. The van der Waals surface area contributed by atoms with Gasteiger partial charge in [0.25, 0.3) is 0 Å². The number of hydrogen-bond acceptors (Lipinski definition) is 3. The molecule has 11 heteroatoms. The molecule has 0 fully saturated rings. The summed E-state index contributed by atoms with van der Waals surface area (Å²) in [4.78, 5) is 37.5. The summed E-state index contributed by atoms with van der Waals surface area (Å²) in [6.45, 7) is -0.119. The van der Waals surface area contributed by atoms with E-state index in [1.165, 1.54) is 0 Å². The van der Waals surface area contributed by atoms with Gasteiger partial charge in [0.1, 0.15) is 0 Å². The number of phosphoric acid groups is 2. The van der Waals surface area contributed by atoms with Crippen LogP contribution in [0.5, 0.6) is 0 Å². The highest BCUT2D eigenvalue weighted by atomic mass is 35.5. The molecule has 0 spiro atoms. The van der Waals surface area contributed by atoms with Gasteiger partial charge in [0.2, 0.25) is 0 Å². The fraction of sp³-hybridized carbons (Fsp3) is 1.00. The van der Waals surface area contributed by atoms with Crippen LogP contribution in [0.25, 0.3) is 0 Å². The van der Waals surface area contributed by atoms with Crippen molar-refractivity contribution >= 4 is 27.2 Å². The van der Waals surface area contributed by atoms with E-state index >= 15 is 0 Å². The number of alkyl halides is 1. The molecule has 0 amide bonds. The molecular formula is C2H9ClO8P2. The Morgan fingerprint density at radius 1 is 1.08 bits per heavy atom. The second-order valence-corrected chi connectivity index (χ2v) is 4.17.